The molecule has 1 aromatic carbocycles. The van der Waals surface area contributed by atoms with Crippen molar-refractivity contribution in [2.24, 2.45) is 5.73 Å². The molecule has 0 spiro atoms. The molecule has 0 saturated heterocycles. The number of ether oxygens (including phenoxy) is 1. The Hall–Kier alpha value is -1.55. The average Bonchev–Trinajstić information content (AvgIpc) is 2.18. The molecular weight excluding hydrogens is 216 g/mol. The number of hydrogen-bond acceptors (Lipinski definition) is 3. The summed E-state index contributed by atoms with van der Waals surface area (Å²) in [7, 11) is 0. The molecule has 4 heteroatoms. The van der Waals surface area contributed by atoms with Crippen molar-refractivity contribution in [2.75, 3.05) is 5.32 Å². The number of nitrogens with one attached hydrogen (secondary N) is 1. The van der Waals surface area contributed by atoms with Crippen molar-refractivity contribution in [1.82, 2.24) is 0 Å². The van der Waals surface area contributed by atoms with Gasteiger partial charge in [-0.1, -0.05) is 6.07 Å². The van der Waals surface area contributed by atoms with Gasteiger partial charge in [0.05, 0.1) is 0 Å². The van der Waals surface area contributed by atoms with E-state index in [0.717, 1.165) is 11.1 Å². The zero-order valence-corrected chi connectivity index (χ0v) is 10.8. The largest absolute Gasteiger partial charge is 0.444 e. The van der Waals surface area contributed by atoms with Crippen LogP contribution in [-0.2, 0) is 11.3 Å². The highest BCUT2D eigenvalue weighted by molar-refractivity contribution is 5.85. The van der Waals surface area contributed by atoms with Crippen molar-refractivity contribution in [1.29, 1.82) is 0 Å². The van der Waals surface area contributed by atoms with Gasteiger partial charge in [0.2, 0.25) is 0 Å². The lowest BCUT2D eigenvalue weighted by atomic mass is 10.1. The molecule has 0 fully saturated rings. The van der Waals surface area contributed by atoms with Crippen molar-refractivity contribution in [3.8, 4) is 0 Å². The summed E-state index contributed by atoms with van der Waals surface area (Å²) in [6.45, 7) is 7.92. The minimum atomic E-state index is -0.495. The second-order valence-corrected chi connectivity index (χ2v) is 4.97. The molecule has 0 heterocycles. The van der Waals surface area contributed by atoms with Gasteiger partial charge in [0.25, 0.3) is 0 Å². The Morgan fingerprint density at radius 2 is 2.06 bits per heavy atom. The standard InChI is InChI=1S/C13H20N2O2/c1-9-5-6-11(7-10(9)8-14)15-12(16)17-13(2,3)4/h5-7H,8,14H2,1-4H3,(H,15,16). The molecule has 0 aliphatic carbocycles. The summed E-state index contributed by atoms with van der Waals surface area (Å²) in [5.74, 6) is 0. The second kappa shape index (κ2) is 5.19. The first-order valence-electron chi connectivity index (χ1n) is 5.61. The van der Waals surface area contributed by atoms with E-state index < -0.39 is 11.7 Å². The molecule has 1 amide bonds. The van der Waals surface area contributed by atoms with Gasteiger partial charge >= 0.3 is 6.09 Å². The first kappa shape index (κ1) is 13.5. The molecule has 3 N–H and O–H groups in total. The van der Waals surface area contributed by atoms with Gasteiger partial charge in [0.1, 0.15) is 5.60 Å². The summed E-state index contributed by atoms with van der Waals surface area (Å²) in [5.41, 5.74) is 7.94. The Bertz CT molecular complexity index is 408. The zero-order valence-electron chi connectivity index (χ0n) is 10.8. The predicted molar refractivity (Wildman–Crippen MR) is 68.9 cm³/mol. The van der Waals surface area contributed by atoms with Crippen LogP contribution in [0.4, 0.5) is 10.5 Å². The summed E-state index contributed by atoms with van der Waals surface area (Å²) in [6.07, 6.45) is -0.454. The number of rotatable bonds is 2. The van der Waals surface area contributed by atoms with E-state index in [4.69, 9.17) is 10.5 Å². The number of carbonyl (C=O) groups excluding carboxylic acids is 1. The highest BCUT2D eigenvalue weighted by Gasteiger charge is 2.16. The lowest BCUT2D eigenvalue weighted by molar-refractivity contribution is 0.0636. The molecule has 0 bridgehead atoms. The smallest absolute Gasteiger partial charge is 0.412 e. The number of amides is 1. The maximum atomic E-state index is 11.5. The normalized spacial score (nSPS) is 11.1. The minimum absolute atomic E-state index is 0.454. The summed E-state index contributed by atoms with van der Waals surface area (Å²) < 4.78 is 5.16. The van der Waals surface area contributed by atoms with Crippen LogP contribution < -0.4 is 11.1 Å². The monoisotopic (exact) mass is 236 g/mol. The highest BCUT2D eigenvalue weighted by atomic mass is 16.6. The summed E-state index contributed by atoms with van der Waals surface area (Å²) in [5, 5.41) is 2.68. The fourth-order valence-electron chi connectivity index (χ4n) is 1.39. The quantitative estimate of drug-likeness (QED) is 0.829. The van der Waals surface area contributed by atoms with Crippen molar-refractivity contribution in [3.05, 3.63) is 29.3 Å². The Kier molecular flexibility index (Phi) is 4.12. The van der Waals surface area contributed by atoms with Gasteiger partial charge in [-0.2, -0.15) is 0 Å². The third-order valence-corrected chi connectivity index (χ3v) is 2.21. The van der Waals surface area contributed by atoms with E-state index in [9.17, 15) is 4.79 Å². The number of carbonyl (C=O) groups is 1. The van der Waals surface area contributed by atoms with E-state index in [1.807, 2.05) is 45.9 Å². The maximum Gasteiger partial charge on any atom is 0.412 e. The van der Waals surface area contributed by atoms with E-state index in [0.29, 0.717) is 12.2 Å². The van der Waals surface area contributed by atoms with E-state index in [1.54, 1.807) is 0 Å². The molecule has 94 valence electrons. The zero-order chi connectivity index (χ0) is 13.1. The topological polar surface area (TPSA) is 64.3 Å². The first-order valence-corrected chi connectivity index (χ1v) is 5.61. The van der Waals surface area contributed by atoms with Crippen molar-refractivity contribution in [2.45, 2.75) is 39.8 Å². The Balaban J connectivity index is 2.72. The lowest BCUT2D eigenvalue weighted by Gasteiger charge is -2.20. The Morgan fingerprint density at radius 1 is 1.41 bits per heavy atom. The molecule has 0 saturated carbocycles. The molecule has 1 aromatic rings. The molecule has 17 heavy (non-hydrogen) atoms. The Morgan fingerprint density at radius 3 is 2.59 bits per heavy atom. The van der Waals surface area contributed by atoms with Crippen LogP contribution in [0.2, 0.25) is 0 Å². The number of nitrogens with two attached hydrogens (primary N) is 1. The third-order valence-electron chi connectivity index (χ3n) is 2.21. The predicted octanol–water partition coefficient (Wildman–Crippen LogP) is 2.80. The van der Waals surface area contributed by atoms with Crippen LogP contribution in [0.5, 0.6) is 0 Å². The molecule has 1 rings (SSSR count). The third kappa shape index (κ3) is 4.44. The van der Waals surface area contributed by atoms with E-state index in [-0.39, 0.29) is 0 Å². The van der Waals surface area contributed by atoms with Crippen LogP contribution in [0.25, 0.3) is 0 Å². The van der Waals surface area contributed by atoms with E-state index in [1.165, 1.54) is 0 Å². The SMILES string of the molecule is Cc1ccc(NC(=O)OC(C)(C)C)cc1CN. The molecule has 4 nitrogen and oxygen atoms in total. The molecule has 0 aliphatic heterocycles. The van der Waals surface area contributed by atoms with Crippen molar-refractivity contribution in [3.63, 3.8) is 0 Å². The van der Waals surface area contributed by atoms with Crippen LogP contribution >= 0.6 is 0 Å². The molecule has 0 aliphatic rings. The maximum absolute atomic E-state index is 11.5. The summed E-state index contributed by atoms with van der Waals surface area (Å²) in [4.78, 5) is 11.5. The minimum Gasteiger partial charge on any atom is -0.444 e. The van der Waals surface area contributed by atoms with Crippen molar-refractivity contribution >= 4 is 11.8 Å². The van der Waals surface area contributed by atoms with Gasteiger partial charge in [-0.3, -0.25) is 5.32 Å². The van der Waals surface area contributed by atoms with Gasteiger partial charge in [-0.05, 0) is 51.0 Å². The van der Waals surface area contributed by atoms with Gasteiger partial charge in [0.15, 0.2) is 0 Å². The molecule has 0 radical (unpaired) electrons. The number of hydrogen-bond donors (Lipinski definition) is 2. The van der Waals surface area contributed by atoms with Crippen LogP contribution in [-0.4, -0.2) is 11.7 Å². The van der Waals surface area contributed by atoms with Crippen LogP contribution in [0.15, 0.2) is 18.2 Å². The number of aryl methyl sites for hydroxylation is 1. The Labute approximate surface area is 102 Å². The van der Waals surface area contributed by atoms with Gasteiger partial charge in [0, 0.05) is 12.2 Å². The second-order valence-electron chi connectivity index (χ2n) is 4.97. The van der Waals surface area contributed by atoms with Gasteiger partial charge < -0.3 is 10.5 Å². The molecular formula is C13H20N2O2. The molecule has 0 aromatic heterocycles. The molecule has 0 unspecified atom stereocenters. The van der Waals surface area contributed by atoms with Gasteiger partial charge in [-0.15, -0.1) is 0 Å². The first-order chi connectivity index (χ1) is 7.81. The van der Waals surface area contributed by atoms with Gasteiger partial charge in [-0.25, -0.2) is 4.79 Å². The average molecular weight is 236 g/mol. The van der Waals surface area contributed by atoms with Crippen LogP contribution in [0.3, 0.4) is 0 Å². The fourth-order valence-corrected chi connectivity index (χ4v) is 1.39. The van der Waals surface area contributed by atoms with Crippen LogP contribution in [0, 0.1) is 6.92 Å². The number of anilines is 1. The highest BCUT2D eigenvalue weighted by Crippen LogP contribution is 2.16. The summed E-state index contributed by atoms with van der Waals surface area (Å²) in [6, 6.07) is 5.62. The molecule has 0 atom stereocenters. The number of benzene rings is 1. The summed E-state index contributed by atoms with van der Waals surface area (Å²) >= 11 is 0. The lowest BCUT2D eigenvalue weighted by Crippen LogP contribution is -2.27. The fraction of sp³-hybridized carbons (Fsp3) is 0.462. The van der Waals surface area contributed by atoms with E-state index >= 15 is 0 Å². The van der Waals surface area contributed by atoms with Crippen molar-refractivity contribution < 1.29 is 9.53 Å². The van der Waals surface area contributed by atoms with Crippen LogP contribution in [0.1, 0.15) is 31.9 Å². The van der Waals surface area contributed by atoms with E-state index in [2.05, 4.69) is 5.32 Å².